The zero-order valence-electron chi connectivity index (χ0n) is 26.5. The molecule has 0 aliphatic carbocycles. The molecule has 3 aromatic rings. The lowest BCUT2D eigenvalue weighted by molar-refractivity contribution is 0.0343. The maximum atomic E-state index is 13.7. The summed E-state index contributed by atoms with van der Waals surface area (Å²) in [6.07, 6.45) is -0.354. The maximum absolute atomic E-state index is 13.7. The van der Waals surface area contributed by atoms with Crippen LogP contribution in [0.5, 0.6) is 5.75 Å². The van der Waals surface area contributed by atoms with Gasteiger partial charge in [0.1, 0.15) is 6.10 Å². The Hall–Kier alpha value is -4.61. The maximum Gasteiger partial charge on any atom is 0.319 e. The first-order chi connectivity index (χ1) is 21.5. The second kappa shape index (κ2) is 14.9. The number of nitrogen functional groups attached to an aromatic ring is 1. The highest BCUT2D eigenvalue weighted by atomic mass is 16.5. The molecule has 1 aliphatic rings. The summed E-state index contributed by atoms with van der Waals surface area (Å²) in [6.45, 7) is 8.85. The standard InChI is InChI=1S/C34H44N6O5/c1-21(2)36-34(44)38-29-12-8-9-26-31(29)45-30(22(3)17-40(33(26)43)23(4)20-41)19-39(5)18-24-13-15-25(16-14-24)32(42)37-28-11-7-6-10-27(28)35/h6-16,21-23,30,41H,17-20,35H2,1-5H3,(H,37,42)(H2,36,38,44)/t22-,23+,30-/m0/s1. The van der Waals surface area contributed by atoms with Crippen LogP contribution in [0.4, 0.5) is 21.9 Å². The third-order valence-corrected chi connectivity index (χ3v) is 7.73. The molecule has 1 heterocycles. The molecule has 0 radical (unpaired) electrons. The average Bonchev–Trinajstić information content (AvgIpc) is 3.00. The van der Waals surface area contributed by atoms with Gasteiger partial charge in [-0.1, -0.05) is 37.3 Å². The molecule has 0 fully saturated rings. The molecule has 1 aliphatic heterocycles. The summed E-state index contributed by atoms with van der Waals surface area (Å²) < 4.78 is 6.59. The molecule has 240 valence electrons. The van der Waals surface area contributed by atoms with Crippen LogP contribution in [0.25, 0.3) is 0 Å². The lowest BCUT2D eigenvalue weighted by Gasteiger charge is -2.38. The van der Waals surface area contributed by atoms with Gasteiger partial charge in [-0.05, 0) is 69.8 Å². The van der Waals surface area contributed by atoms with E-state index in [1.165, 1.54) is 0 Å². The molecule has 3 aromatic carbocycles. The van der Waals surface area contributed by atoms with Gasteiger partial charge in [0, 0.05) is 37.2 Å². The van der Waals surface area contributed by atoms with E-state index in [1.807, 2.05) is 59.0 Å². The lowest BCUT2D eigenvalue weighted by Crippen LogP contribution is -2.49. The highest BCUT2D eigenvalue weighted by molar-refractivity contribution is 6.05. The first-order valence-corrected chi connectivity index (χ1v) is 15.2. The largest absolute Gasteiger partial charge is 0.486 e. The Balaban J connectivity index is 1.52. The van der Waals surface area contributed by atoms with Gasteiger partial charge in [0.15, 0.2) is 5.75 Å². The number of anilines is 3. The highest BCUT2D eigenvalue weighted by Gasteiger charge is 2.34. The summed E-state index contributed by atoms with van der Waals surface area (Å²) in [7, 11) is 1.98. The molecule has 11 nitrogen and oxygen atoms in total. The van der Waals surface area contributed by atoms with Crippen molar-refractivity contribution in [1.82, 2.24) is 15.1 Å². The molecule has 0 saturated heterocycles. The molecule has 45 heavy (non-hydrogen) atoms. The first-order valence-electron chi connectivity index (χ1n) is 15.2. The summed E-state index contributed by atoms with van der Waals surface area (Å²) in [5.41, 5.74) is 9.26. The van der Waals surface area contributed by atoms with Crippen LogP contribution in [0, 0.1) is 5.92 Å². The molecule has 4 rings (SSSR count). The number of benzene rings is 3. The minimum Gasteiger partial charge on any atom is -0.486 e. The van der Waals surface area contributed by atoms with Gasteiger partial charge in [0.2, 0.25) is 0 Å². The molecule has 0 unspecified atom stereocenters. The van der Waals surface area contributed by atoms with E-state index in [4.69, 9.17) is 10.5 Å². The molecule has 6 N–H and O–H groups in total. The number of rotatable bonds is 10. The van der Waals surface area contributed by atoms with Crippen LogP contribution < -0.4 is 26.4 Å². The molecular weight excluding hydrogens is 572 g/mol. The SMILES string of the molecule is CC(C)NC(=O)Nc1cccc2c1O[C@@H](CN(C)Cc1ccc(C(=O)Nc3ccccc3N)cc1)[C@@H](C)CN([C@H](C)CO)C2=O. The van der Waals surface area contributed by atoms with Gasteiger partial charge in [0.25, 0.3) is 11.8 Å². The fraction of sp³-hybridized carbons (Fsp3) is 0.382. The number of carbonyl (C=O) groups is 3. The molecule has 0 aromatic heterocycles. The Morgan fingerprint density at radius 3 is 2.38 bits per heavy atom. The number of nitrogens with zero attached hydrogens (tertiary/aromatic N) is 2. The van der Waals surface area contributed by atoms with Crippen molar-refractivity contribution in [3.8, 4) is 5.75 Å². The van der Waals surface area contributed by atoms with E-state index >= 15 is 0 Å². The fourth-order valence-electron chi connectivity index (χ4n) is 5.23. The number of amides is 4. The van der Waals surface area contributed by atoms with Crippen molar-refractivity contribution < 1.29 is 24.2 Å². The van der Waals surface area contributed by atoms with E-state index < -0.39 is 12.1 Å². The quantitative estimate of drug-likeness (QED) is 0.212. The van der Waals surface area contributed by atoms with Crippen molar-refractivity contribution >= 4 is 34.9 Å². The van der Waals surface area contributed by atoms with Gasteiger partial charge in [-0.25, -0.2) is 4.79 Å². The minimum atomic E-state index is -0.404. The van der Waals surface area contributed by atoms with E-state index in [9.17, 15) is 19.5 Å². The van der Waals surface area contributed by atoms with Crippen LogP contribution in [-0.2, 0) is 6.54 Å². The third kappa shape index (κ3) is 8.52. The number of urea groups is 1. The van der Waals surface area contributed by atoms with Gasteiger partial charge < -0.3 is 36.4 Å². The zero-order chi connectivity index (χ0) is 32.7. The van der Waals surface area contributed by atoms with E-state index in [0.717, 1.165) is 5.56 Å². The summed E-state index contributed by atoms with van der Waals surface area (Å²) >= 11 is 0. The highest BCUT2D eigenvalue weighted by Crippen LogP contribution is 2.35. The van der Waals surface area contributed by atoms with Crippen LogP contribution >= 0.6 is 0 Å². The van der Waals surface area contributed by atoms with E-state index in [2.05, 4.69) is 20.9 Å². The number of nitrogens with one attached hydrogen (secondary N) is 3. The number of nitrogens with two attached hydrogens (primary N) is 1. The van der Waals surface area contributed by atoms with E-state index in [1.54, 1.807) is 47.4 Å². The number of hydrogen-bond donors (Lipinski definition) is 5. The second-order valence-electron chi connectivity index (χ2n) is 12.0. The Labute approximate surface area is 264 Å². The Morgan fingerprint density at radius 2 is 1.71 bits per heavy atom. The molecule has 0 saturated carbocycles. The Bertz CT molecular complexity index is 1490. The van der Waals surface area contributed by atoms with Gasteiger partial charge in [-0.2, -0.15) is 0 Å². The number of hydrogen-bond acceptors (Lipinski definition) is 7. The van der Waals surface area contributed by atoms with Gasteiger partial charge >= 0.3 is 6.03 Å². The monoisotopic (exact) mass is 616 g/mol. The van der Waals surface area contributed by atoms with Crippen LogP contribution in [0.1, 0.15) is 54.0 Å². The van der Waals surface area contributed by atoms with Crippen LogP contribution in [0.15, 0.2) is 66.7 Å². The summed E-state index contributed by atoms with van der Waals surface area (Å²) in [5, 5.41) is 18.4. The predicted molar refractivity (Wildman–Crippen MR) is 176 cm³/mol. The fourth-order valence-corrected chi connectivity index (χ4v) is 5.23. The van der Waals surface area contributed by atoms with Crippen molar-refractivity contribution in [2.24, 2.45) is 5.92 Å². The first kappa shape index (κ1) is 33.3. The van der Waals surface area contributed by atoms with E-state index in [-0.39, 0.29) is 36.5 Å². The summed E-state index contributed by atoms with van der Waals surface area (Å²) in [5.74, 6) is -0.313. The normalized spacial score (nSPS) is 17.2. The van der Waals surface area contributed by atoms with Crippen LogP contribution in [0.3, 0.4) is 0 Å². The van der Waals surface area contributed by atoms with Crippen molar-refractivity contribution in [2.75, 3.05) is 43.1 Å². The number of para-hydroxylation sites is 3. The minimum absolute atomic E-state index is 0.0773. The number of ether oxygens (including phenoxy) is 1. The summed E-state index contributed by atoms with van der Waals surface area (Å²) in [4.78, 5) is 42.8. The van der Waals surface area contributed by atoms with Crippen LogP contribution in [-0.4, -0.2) is 77.7 Å². The smallest absolute Gasteiger partial charge is 0.319 e. The molecule has 0 bridgehead atoms. The Morgan fingerprint density at radius 1 is 1.02 bits per heavy atom. The van der Waals surface area contributed by atoms with Gasteiger partial charge in [0.05, 0.1) is 35.3 Å². The van der Waals surface area contributed by atoms with Crippen molar-refractivity contribution in [3.63, 3.8) is 0 Å². The topological polar surface area (TPSA) is 149 Å². The molecule has 3 atom stereocenters. The van der Waals surface area contributed by atoms with Crippen LogP contribution in [0.2, 0.25) is 0 Å². The number of fused-ring (bicyclic) bond motifs is 1. The molecule has 11 heteroatoms. The average molecular weight is 617 g/mol. The zero-order valence-corrected chi connectivity index (χ0v) is 26.5. The lowest BCUT2D eigenvalue weighted by atomic mass is 9.98. The second-order valence-corrected chi connectivity index (χ2v) is 12.0. The molecular formula is C34H44N6O5. The number of likely N-dealkylation sites (N-methyl/N-ethyl adjacent to an activating group) is 1. The van der Waals surface area contributed by atoms with Crippen molar-refractivity contribution in [2.45, 2.75) is 52.4 Å². The van der Waals surface area contributed by atoms with Crippen molar-refractivity contribution in [1.29, 1.82) is 0 Å². The van der Waals surface area contributed by atoms with E-state index in [0.29, 0.717) is 53.6 Å². The summed E-state index contributed by atoms with van der Waals surface area (Å²) in [6, 6.07) is 18.7. The molecule has 4 amide bonds. The molecule has 0 spiro atoms. The van der Waals surface area contributed by atoms with Gasteiger partial charge in [-0.3, -0.25) is 14.5 Å². The number of aliphatic hydroxyl groups excluding tert-OH is 1. The third-order valence-electron chi connectivity index (χ3n) is 7.73. The predicted octanol–water partition coefficient (Wildman–Crippen LogP) is 4.40. The number of aliphatic hydroxyl groups is 1. The van der Waals surface area contributed by atoms with Gasteiger partial charge in [-0.15, -0.1) is 0 Å². The Kier molecular flexibility index (Phi) is 11.0. The number of carbonyl (C=O) groups excluding carboxylic acids is 3. The van der Waals surface area contributed by atoms with Crippen molar-refractivity contribution in [3.05, 3.63) is 83.4 Å².